The van der Waals surface area contributed by atoms with Crippen LogP contribution < -0.4 is 10.6 Å². The number of hydrogen-bond acceptors (Lipinski definition) is 3. The summed E-state index contributed by atoms with van der Waals surface area (Å²) in [4.78, 5) is 27.5. The Morgan fingerprint density at radius 3 is 2.61 bits per heavy atom. The van der Waals surface area contributed by atoms with Crippen molar-refractivity contribution in [3.63, 3.8) is 0 Å². The smallest absolute Gasteiger partial charge is 0.241 e. The Morgan fingerprint density at radius 2 is 1.89 bits per heavy atom. The fraction of sp³-hybridized carbons (Fsp3) is 0.364. The van der Waals surface area contributed by atoms with Crippen LogP contribution in [0.2, 0.25) is 0 Å². The van der Waals surface area contributed by atoms with Gasteiger partial charge in [0.05, 0.1) is 17.6 Å². The van der Waals surface area contributed by atoms with Gasteiger partial charge in [0, 0.05) is 16.7 Å². The molecule has 2 aromatic carbocycles. The van der Waals surface area contributed by atoms with Gasteiger partial charge < -0.3 is 10.6 Å². The number of carbonyl (C=O) groups excluding carboxylic acids is 2. The van der Waals surface area contributed by atoms with Crippen molar-refractivity contribution >= 4 is 39.1 Å². The third kappa shape index (κ3) is 5.20. The van der Waals surface area contributed by atoms with Crippen LogP contribution in [0.5, 0.6) is 0 Å². The summed E-state index contributed by atoms with van der Waals surface area (Å²) < 4.78 is 0.867. The van der Waals surface area contributed by atoms with Crippen LogP contribution in [0.4, 0.5) is 11.4 Å². The van der Waals surface area contributed by atoms with E-state index in [0.717, 1.165) is 40.8 Å². The van der Waals surface area contributed by atoms with E-state index in [4.69, 9.17) is 0 Å². The number of amides is 2. The molecule has 148 valence electrons. The lowest BCUT2D eigenvalue weighted by molar-refractivity contribution is -0.125. The number of piperidine rings is 1. The standard InChI is InChI=1S/C22H26BrN3O2/c1-15-10-11-20(19(23)13-15)25-21(27)16(2)26-12-6-7-17(14-26)22(28)24-18-8-4-3-5-9-18/h3-5,8-11,13,16-17H,6-7,12,14H2,1-2H3,(H,24,28)(H,25,27). The van der Waals surface area contributed by atoms with Crippen LogP contribution in [-0.2, 0) is 9.59 Å². The van der Waals surface area contributed by atoms with Gasteiger partial charge in [0.1, 0.15) is 0 Å². The number of rotatable bonds is 5. The van der Waals surface area contributed by atoms with E-state index in [0.29, 0.717) is 6.54 Å². The molecule has 1 aliphatic rings. The molecular formula is C22H26BrN3O2. The quantitative estimate of drug-likeness (QED) is 0.717. The van der Waals surface area contributed by atoms with Gasteiger partial charge in [-0.3, -0.25) is 14.5 Å². The van der Waals surface area contributed by atoms with E-state index < -0.39 is 0 Å². The minimum atomic E-state index is -0.305. The fourth-order valence-corrected chi connectivity index (χ4v) is 4.05. The van der Waals surface area contributed by atoms with Gasteiger partial charge in [0.15, 0.2) is 0 Å². The molecule has 0 aliphatic carbocycles. The molecule has 1 saturated heterocycles. The Labute approximate surface area is 174 Å². The molecule has 2 N–H and O–H groups in total. The molecule has 2 atom stereocenters. The SMILES string of the molecule is Cc1ccc(NC(=O)C(C)N2CCCC(C(=O)Nc3ccccc3)C2)c(Br)c1. The molecule has 2 aromatic rings. The Kier molecular flexibility index (Phi) is 6.86. The number of hydrogen-bond donors (Lipinski definition) is 2. The third-order valence-corrected chi connectivity index (χ3v) is 5.83. The molecule has 0 spiro atoms. The molecule has 0 bridgehead atoms. The highest BCUT2D eigenvalue weighted by atomic mass is 79.9. The predicted molar refractivity (Wildman–Crippen MR) is 116 cm³/mol. The zero-order chi connectivity index (χ0) is 20.1. The second-order valence-electron chi connectivity index (χ2n) is 7.34. The Hall–Kier alpha value is -2.18. The lowest BCUT2D eigenvalue weighted by Gasteiger charge is -2.35. The number of likely N-dealkylation sites (tertiary alicyclic amines) is 1. The maximum Gasteiger partial charge on any atom is 0.241 e. The summed E-state index contributed by atoms with van der Waals surface area (Å²) in [6.07, 6.45) is 1.74. The number of anilines is 2. The monoisotopic (exact) mass is 443 g/mol. The van der Waals surface area contributed by atoms with E-state index >= 15 is 0 Å². The molecule has 0 radical (unpaired) electrons. The van der Waals surface area contributed by atoms with Gasteiger partial charge >= 0.3 is 0 Å². The van der Waals surface area contributed by atoms with Crippen LogP contribution in [0.3, 0.4) is 0 Å². The molecule has 2 unspecified atom stereocenters. The summed E-state index contributed by atoms with van der Waals surface area (Å²) in [5.74, 6) is -0.159. The average Bonchev–Trinajstić information content (AvgIpc) is 2.70. The molecule has 5 nitrogen and oxygen atoms in total. The van der Waals surface area contributed by atoms with E-state index in [1.807, 2.05) is 62.4 Å². The largest absolute Gasteiger partial charge is 0.326 e. The highest BCUT2D eigenvalue weighted by Crippen LogP contribution is 2.25. The normalized spacial score (nSPS) is 18.3. The number of para-hydroxylation sites is 1. The molecule has 3 rings (SSSR count). The third-order valence-electron chi connectivity index (χ3n) is 5.17. The van der Waals surface area contributed by atoms with Crippen LogP contribution in [0.25, 0.3) is 0 Å². The summed E-state index contributed by atoms with van der Waals surface area (Å²) in [6, 6.07) is 15.0. The summed E-state index contributed by atoms with van der Waals surface area (Å²) in [5, 5.41) is 5.97. The summed E-state index contributed by atoms with van der Waals surface area (Å²) in [5.41, 5.74) is 2.69. The second-order valence-corrected chi connectivity index (χ2v) is 8.19. The molecule has 1 heterocycles. The van der Waals surface area contributed by atoms with Gasteiger partial charge in [-0.15, -0.1) is 0 Å². The first-order valence-corrected chi connectivity index (χ1v) is 10.4. The van der Waals surface area contributed by atoms with Crippen molar-refractivity contribution in [2.24, 2.45) is 5.92 Å². The van der Waals surface area contributed by atoms with E-state index in [1.54, 1.807) is 0 Å². The number of aryl methyl sites for hydroxylation is 1. The Balaban J connectivity index is 1.59. The van der Waals surface area contributed by atoms with Crippen LogP contribution in [-0.4, -0.2) is 35.8 Å². The van der Waals surface area contributed by atoms with E-state index in [1.165, 1.54) is 0 Å². The van der Waals surface area contributed by atoms with Crippen LogP contribution in [0.15, 0.2) is 53.0 Å². The van der Waals surface area contributed by atoms with Crippen molar-refractivity contribution in [2.75, 3.05) is 23.7 Å². The minimum Gasteiger partial charge on any atom is -0.326 e. The molecule has 0 aromatic heterocycles. The van der Waals surface area contributed by atoms with Crippen molar-refractivity contribution in [2.45, 2.75) is 32.7 Å². The average molecular weight is 444 g/mol. The van der Waals surface area contributed by atoms with E-state index in [2.05, 4.69) is 31.5 Å². The Morgan fingerprint density at radius 1 is 1.14 bits per heavy atom. The maximum absolute atomic E-state index is 12.7. The zero-order valence-corrected chi connectivity index (χ0v) is 17.8. The lowest BCUT2D eigenvalue weighted by atomic mass is 9.95. The maximum atomic E-state index is 12.7. The first-order valence-electron chi connectivity index (χ1n) is 9.61. The molecule has 2 amide bonds. The van der Waals surface area contributed by atoms with Gasteiger partial charge in [-0.1, -0.05) is 24.3 Å². The van der Waals surface area contributed by atoms with Crippen molar-refractivity contribution in [3.05, 3.63) is 58.6 Å². The van der Waals surface area contributed by atoms with E-state index in [9.17, 15) is 9.59 Å². The zero-order valence-electron chi connectivity index (χ0n) is 16.2. The number of nitrogens with zero attached hydrogens (tertiary/aromatic N) is 1. The first kappa shape index (κ1) is 20.6. The number of benzene rings is 2. The highest BCUT2D eigenvalue weighted by molar-refractivity contribution is 9.10. The topological polar surface area (TPSA) is 61.4 Å². The Bertz CT molecular complexity index is 841. The van der Waals surface area contributed by atoms with Gasteiger partial charge in [0.2, 0.25) is 11.8 Å². The molecule has 0 saturated carbocycles. The number of carbonyl (C=O) groups is 2. The summed E-state index contributed by atoms with van der Waals surface area (Å²) >= 11 is 3.50. The highest BCUT2D eigenvalue weighted by Gasteiger charge is 2.31. The van der Waals surface area contributed by atoms with Gasteiger partial charge in [-0.05, 0) is 79.0 Å². The molecule has 1 aliphatic heterocycles. The first-order chi connectivity index (χ1) is 13.4. The van der Waals surface area contributed by atoms with Crippen LogP contribution in [0, 0.1) is 12.8 Å². The molecular weight excluding hydrogens is 418 g/mol. The minimum absolute atomic E-state index is 0.0183. The number of halogens is 1. The van der Waals surface area contributed by atoms with Crippen LogP contribution in [0.1, 0.15) is 25.3 Å². The lowest BCUT2D eigenvalue weighted by Crippen LogP contribution is -2.49. The second kappa shape index (κ2) is 9.34. The molecule has 1 fully saturated rings. The predicted octanol–water partition coefficient (Wildman–Crippen LogP) is 4.44. The fourth-order valence-electron chi connectivity index (χ4n) is 3.46. The van der Waals surface area contributed by atoms with Gasteiger partial charge in [-0.2, -0.15) is 0 Å². The van der Waals surface area contributed by atoms with Gasteiger partial charge in [-0.25, -0.2) is 0 Å². The van der Waals surface area contributed by atoms with Crippen molar-refractivity contribution in [3.8, 4) is 0 Å². The molecule has 6 heteroatoms. The van der Waals surface area contributed by atoms with Gasteiger partial charge in [0.25, 0.3) is 0 Å². The van der Waals surface area contributed by atoms with Crippen molar-refractivity contribution in [1.82, 2.24) is 4.90 Å². The van der Waals surface area contributed by atoms with Crippen LogP contribution >= 0.6 is 15.9 Å². The summed E-state index contributed by atoms with van der Waals surface area (Å²) in [7, 11) is 0. The number of nitrogens with one attached hydrogen (secondary N) is 2. The van der Waals surface area contributed by atoms with Crippen molar-refractivity contribution in [1.29, 1.82) is 0 Å². The molecule has 28 heavy (non-hydrogen) atoms. The summed E-state index contributed by atoms with van der Waals surface area (Å²) in [6.45, 7) is 5.31. The van der Waals surface area contributed by atoms with E-state index in [-0.39, 0.29) is 23.8 Å². The van der Waals surface area contributed by atoms with Crippen molar-refractivity contribution < 1.29 is 9.59 Å².